The fourth-order valence-electron chi connectivity index (χ4n) is 2.64. The van der Waals surface area contributed by atoms with Gasteiger partial charge in [0.15, 0.2) is 0 Å². The summed E-state index contributed by atoms with van der Waals surface area (Å²) in [4.78, 5) is 9.04. The van der Waals surface area contributed by atoms with Crippen molar-refractivity contribution in [2.45, 2.75) is 6.92 Å². The largest absolute Gasteiger partial charge is 0.252 e. The summed E-state index contributed by atoms with van der Waals surface area (Å²) in [7, 11) is 0. The zero-order valence-corrected chi connectivity index (χ0v) is 13.3. The summed E-state index contributed by atoms with van der Waals surface area (Å²) >= 11 is 0. The molecular formula is C20H16N4. The Balaban J connectivity index is 1.65. The van der Waals surface area contributed by atoms with E-state index < -0.39 is 0 Å². The Hall–Kier alpha value is -3.27. The fraction of sp³-hybridized carbons (Fsp3) is 0.0500. The molecule has 0 spiro atoms. The van der Waals surface area contributed by atoms with Crippen LogP contribution in [-0.2, 0) is 0 Å². The molecule has 0 aliphatic carbocycles. The molecule has 2 aromatic carbocycles. The minimum Gasteiger partial charge on any atom is -0.252 e. The maximum Gasteiger partial charge on any atom is 0.0894 e. The molecule has 0 aliphatic rings. The van der Waals surface area contributed by atoms with Crippen LogP contribution in [0.5, 0.6) is 0 Å². The van der Waals surface area contributed by atoms with Crippen LogP contribution in [0.1, 0.15) is 17.0 Å². The number of rotatable bonds is 3. The van der Waals surface area contributed by atoms with Crippen LogP contribution < -0.4 is 0 Å². The van der Waals surface area contributed by atoms with E-state index in [1.807, 2.05) is 77.6 Å². The number of para-hydroxylation sites is 3. The molecule has 4 heteroatoms. The number of benzene rings is 2. The first-order valence-corrected chi connectivity index (χ1v) is 7.81. The number of nitrogens with zero attached hydrogens (tertiary/aromatic N) is 4. The van der Waals surface area contributed by atoms with E-state index in [0.717, 1.165) is 33.7 Å². The lowest BCUT2D eigenvalue weighted by molar-refractivity contribution is 0.847. The second kappa shape index (κ2) is 6.08. The standard InChI is InChI=1S/C20H16N4/c1-15-16(13-22-24(15)18-7-3-2-4-8-18)11-12-17-14-21-19-9-5-6-10-20(19)23-17/h2-14H,1H3. The third-order valence-electron chi connectivity index (χ3n) is 3.95. The Morgan fingerprint density at radius 1 is 0.833 bits per heavy atom. The van der Waals surface area contributed by atoms with Gasteiger partial charge in [-0.1, -0.05) is 30.3 Å². The van der Waals surface area contributed by atoms with E-state index in [1.165, 1.54) is 0 Å². The minimum atomic E-state index is 0.834. The van der Waals surface area contributed by atoms with Crippen LogP contribution in [-0.4, -0.2) is 19.7 Å². The molecule has 0 atom stereocenters. The Kier molecular flexibility index (Phi) is 3.63. The van der Waals surface area contributed by atoms with Gasteiger partial charge in [-0.05, 0) is 43.3 Å². The first kappa shape index (κ1) is 14.3. The quantitative estimate of drug-likeness (QED) is 0.566. The lowest BCUT2D eigenvalue weighted by Gasteiger charge is -2.03. The molecule has 4 aromatic rings. The predicted octanol–water partition coefficient (Wildman–Crippen LogP) is 4.29. The van der Waals surface area contributed by atoms with Crippen molar-refractivity contribution < 1.29 is 0 Å². The molecular weight excluding hydrogens is 296 g/mol. The molecule has 0 bridgehead atoms. The predicted molar refractivity (Wildman–Crippen MR) is 96.8 cm³/mol. The number of hydrogen-bond acceptors (Lipinski definition) is 3. The van der Waals surface area contributed by atoms with Crippen LogP contribution in [0.3, 0.4) is 0 Å². The Morgan fingerprint density at radius 2 is 1.58 bits per heavy atom. The van der Waals surface area contributed by atoms with E-state index in [2.05, 4.69) is 22.0 Å². The first-order valence-electron chi connectivity index (χ1n) is 7.81. The number of fused-ring (bicyclic) bond motifs is 1. The van der Waals surface area contributed by atoms with Gasteiger partial charge in [-0.2, -0.15) is 5.10 Å². The van der Waals surface area contributed by atoms with Gasteiger partial charge in [0.2, 0.25) is 0 Å². The van der Waals surface area contributed by atoms with Gasteiger partial charge in [-0.25, -0.2) is 9.67 Å². The molecule has 0 saturated carbocycles. The summed E-state index contributed by atoms with van der Waals surface area (Å²) in [6.07, 6.45) is 7.66. The summed E-state index contributed by atoms with van der Waals surface area (Å²) in [5.41, 5.74) is 5.85. The van der Waals surface area contributed by atoms with Crippen molar-refractivity contribution in [3.8, 4) is 5.69 Å². The van der Waals surface area contributed by atoms with Crippen LogP contribution in [0.15, 0.2) is 67.0 Å². The van der Waals surface area contributed by atoms with Crippen molar-refractivity contribution in [1.82, 2.24) is 19.7 Å². The topological polar surface area (TPSA) is 43.6 Å². The Morgan fingerprint density at radius 3 is 2.42 bits per heavy atom. The highest BCUT2D eigenvalue weighted by Crippen LogP contribution is 2.16. The van der Waals surface area contributed by atoms with Gasteiger partial charge in [0.25, 0.3) is 0 Å². The molecule has 2 aromatic heterocycles. The van der Waals surface area contributed by atoms with Crippen molar-refractivity contribution >= 4 is 23.2 Å². The molecule has 0 saturated heterocycles. The highest BCUT2D eigenvalue weighted by atomic mass is 15.3. The van der Waals surface area contributed by atoms with Crippen LogP contribution in [0.4, 0.5) is 0 Å². The van der Waals surface area contributed by atoms with Crippen LogP contribution >= 0.6 is 0 Å². The fourth-order valence-corrected chi connectivity index (χ4v) is 2.64. The molecule has 116 valence electrons. The van der Waals surface area contributed by atoms with Gasteiger partial charge in [0.1, 0.15) is 0 Å². The van der Waals surface area contributed by atoms with E-state index in [-0.39, 0.29) is 0 Å². The molecule has 24 heavy (non-hydrogen) atoms. The summed E-state index contributed by atoms with van der Waals surface area (Å²) in [5.74, 6) is 0. The summed E-state index contributed by atoms with van der Waals surface area (Å²) in [6.45, 7) is 2.06. The second-order valence-electron chi connectivity index (χ2n) is 5.55. The summed E-state index contributed by atoms with van der Waals surface area (Å²) in [5, 5.41) is 4.48. The molecule has 2 heterocycles. The number of hydrogen-bond donors (Lipinski definition) is 0. The zero-order chi connectivity index (χ0) is 16.4. The van der Waals surface area contributed by atoms with Crippen molar-refractivity contribution in [1.29, 1.82) is 0 Å². The number of aromatic nitrogens is 4. The van der Waals surface area contributed by atoms with Crippen LogP contribution in [0, 0.1) is 6.92 Å². The summed E-state index contributed by atoms with van der Waals surface area (Å²) < 4.78 is 1.94. The van der Waals surface area contributed by atoms with E-state index in [4.69, 9.17) is 0 Å². The Labute approximate surface area is 140 Å². The second-order valence-corrected chi connectivity index (χ2v) is 5.55. The third-order valence-corrected chi connectivity index (χ3v) is 3.95. The van der Waals surface area contributed by atoms with Gasteiger partial charge in [0.05, 0.1) is 34.8 Å². The van der Waals surface area contributed by atoms with Gasteiger partial charge < -0.3 is 0 Å². The van der Waals surface area contributed by atoms with Crippen molar-refractivity contribution in [3.05, 3.63) is 83.9 Å². The third kappa shape index (κ3) is 2.70. The minimum absolute atomic E-state index is 0.834. The van der Waals surface area contributed by atoms with E-state index >= 15 is 0 Å². The smallest absolute Gasteiger partial charge is 0.0894 e. The normalized spacial score (nSPS) is 11.4. The monoisotopic (exact) mass is 312 g/mol. The van der Waals surface area contributed by atoms with E-state index in [9.17, 15) is 0 Å². The molecule has 0 amide bonds. The van der Waals surface area contributed by atoms with Crippen LogP contribution in [0.25, 0.3) is 28.9 Å². The van der Waals surface area contributed by atoms with E-state index in [1.54, 1.807) is 6.20 Å². The molecule has 0 radical (unpaired) electrons. The van der Waals surface area contributed by atoms with Gasteiger partial charge in [-0.3, -0.25) is 4.98 Å². The lowest BCUT2D eigenvalue weighted by Crippen LogP contribution is -1.98. The van der Waals surface area contributed by atoms with Crippen molar-refractivity contribution in [2.24, 2.45) is 0 Å². The molecule has 0 N–H and O–H groups in total. The average molecular weight is 312 g/mol. The van der Waals surface area contributed by atoms with Crippen molar-refractivity contribution in [2.75, 3.05) is 0 Å². The SMILES string of the molecule is Cc1c(C=Cc2cnc3ccccc3n2)cnn1-c1ccccc1. The lowest BCUT2D eigenvalue weighted by atomic mass is 10.2. The molecule has 4 nitrogen and oxygen atoms in total. The van der Waals surface area contributed by atoms with Gasteiger partial charge >= 0.3 is 0 Å². The maximum atomic E-state index is 4.61. The average Bonchev–Trinajstić information content (AvgIpc) is 3.01. The highest BCUT2D eigenvalue weighted by Gasteiger charge is 2.05. The molecule has 4 rings (SSSR count). The molecule has 0 fully saturated rings. The first-order chi connectivity index (χ1) is 11.8. The Bertz CT molecular complexity index is 1020. The molecule has 0 aliphatic heterocycles. The van der Waals surface area contributed by atoms with Gasteiger partial charge in [-0.15, -0.1) is 0 Å². The highest BCUT2D eigenvalue weighted by molar-refractivity contribution is 5.76. The summed E-state index contributed by atoms with van der Waals surface area (Å²) in [6, 6.07) is 18.0. The van der Waals surface area contributed by atoms with Crippen LogP contribution in [0.2, 0.25) is 0 Å². The maximum absolute atomic E-state index is 4.61. The van der Waals surface area contributed by atoms with Crippen molar-refractivity contribution in [3.63, 3.8) is 0 Å². The van der Waals surface area contributed by atoms with Gasteiger partial charge in [0, 0.05) is 11.3 Å². The molecule has 0 unspecified atom stereocenters. The zero-order valence-electron chi connectivity index (χ0n) is 13.3. The van der Waals surface area contributed by atoms with E-state index in [0.29, 0.717) is 0 Å².